The average molecular weight is 341 g/mol. The van der Waals surface area contributed by atoms with Crippen LogP contribution in [0.5, 0.6) is 0 Å². The molecule has 2 aromatic heterocycles. The van der Waals surface area contributed by atoms with E-state index in [4.69, 9.17) is 4.74 Å². The molecule has 1 amide bonds. The predicted octanol–water partition coefficient (Wildman–Crippen LogP) is 2.64. The third-order valence-electron chi connectivity index (χ3n) is 4.34. The lowest BCUT2D eigenvalue weighted by molar-refractivity contribution is 0.0377. The summed E-state index contributed by atoms with van der Waals surface area (Å²) < 4.78 is 19.8. The third kappa shape index (κ3) is 3.91. The van der Waals surface area contributed by atoms with Gasteiger partial charge in [0.1, 0.15) is 0 Å². The summed E-state index contributed by atoms with van der Waals surface area (Å²) in [5.74, 6) is -0.943. The fraction of sp³-hybridized carbons (Fsp3) is 0.316. The van der Waals surface area contributed by atoms with Gasteiger partial charge in [0.05, 0.1) is 30.5 Å². The minimum atomic E-state index is -0.608. The molecule has 6 heteroatoms. The number of hydrogen-bond donors (Lipinski definition) is 0. The molecule has 1 aliphatic heterocycles. The van der Waals surface area contributed by atoms with Crippen molar-refractivity contribution in [3.05, 3.63) is 72.6 Å². The highest BCUT2D eigenvalue weighted by atomic mass is 19.1. The summed E-state index contributed by atoms with van der Waals surface area (Å²) in [5.41, 5.74) is 1.05. The monoisotopic (exact) mass is 341 g/mol. The van der Waals surface area contributed by atoms with Crippen LogP contribution in [0.2, 0.25) is 0 Å². The normalized spacial score (nSPS) is 19.8. The number of pyridine rings is 2. The highest BCUT2D eigenvalue weighted by Gasteiger charge is 2.38. The van der Waals surface area contributed by atoms with Gasteiger partial charge in [-0.3, -0.25) is 14.8 Å². The summed E-state index contributed by atoms with van der Waals surface area (Å²) >= 11 is 0. The van der Waals surface area contributed by atoms with E-state index >= 15 is 0 Å². The minimum absolute atomic E-state index is 0.0376. The van der Waals surface area contributed by atoms with Crippen molar-refractivity contribution in [3.8, 4) is 0 Å². The number of hydrogen-bond acceptors (Lipinski definition) is 4. The quantitative estimate of drug-likeness (QED) is 0.758. The van der Waals surface area contributed by atoms with E-state index in [9.17, 15) is 9.18 Å². The van der Waals surface area contributed by atoms with E-state index in [1.54, 1.807) is 23.4 Å². The van der Waals surface area contributed by atoms with Crippen LogP contribution in [-0.2, 0) is 11.2 Å². The van der Waals surface area contributed by atoms with Crippen LogP contribution in [0.4, 0.5) is 4.39 Å². The van der Waals surface area contributed by atoms with Gasteiger partial charge in [-0.25, -0.2) is 4.39 Å². The molecule has 0 unspecified atom stereocenters. The molecule has 130 valence electrons. The molecule has 3 rings (SSSR count). The predicted molar refractivity (Wildman–Crippen MR) is 91.5 cm³/mol. The van der Waals surface area contributed by atoms with Crippen LogP contribution < -0.4 is 0 Å². The molecule has 1 saturated heterocycles. The Bertz CT molecular complexity index is 738. The zero-order chi connectivity index (χ0) is 17.6. The second-order valence-electron chi connectivity index (χ2n) is 5.94. The number of aromatic nitrogens is 2. The number of ether oxygens (including phenoxy) is 1. The molecule has 0 bridgehead atoms. The fourth-order valence-electron chi connectivity index (χ4n) is 3.17. The second-order valence-corrected chi connectivity index (χ2v) is 5.94. The summed E-state index contributed by atoms with van der Waals surface area (Å²) in [6, 6.07) is 5.06. The number of halogens is 1. The van der Waals surface area contributed by atoms with Crippen molar-refractivity contribution in [1.82, 2.24) is 14.9 Å². The number of amides is 1. The Morgan fingerprint density at radius 3 is 2.92 bits per heavy atom. The maximum Gasteiger partial charge on any atom is 0.257 e. The van der Waals surface area contributed by atoms with E-state index in [2.05, 4.69) is 16.5 Å². The van der Waals surface area contributed by atoms with Crippen molar-refractivity contribution >= 4 is 5.91 Å². The van der Waals surface area contributed by atoms with E-state index in [0.29, 0.717) is 26.0 Å². The van der Waals surface area contributed by atoms with E-state index < -0.39 is 5.82 Å². The van der Waals surface area contributed by atoms with Gasteiger partial charge in [0, 0.05) is 25.1 Å². The van der Waals surface area contributed by atoms with Crippen molar-refractivity contribution in [2.45, 2.75) is 25.0 Å². The van der Waals surface area contributed by atoms with Gasteiger partial charge >= 0.3 is 0 Å². The molecule has 0 aromatic carbocycles. The molecule has 25 heavy (non-hydrogen) atoms. The molecule has 0 saturated carbocycles. The SMILES string of the molecule is C=CCO[C@@H]1CCN(C(=O)c2ccncc2F)[C@@H]1Cc1cccnc1. The number of carbonyl (C=O) groups excluding carboxylic acids is 1. The molecular weight excluding hydrogens is 321 g/mol. The minimum Gasteiger partial charge on any atom is -0.372 e. The lowest BCUT2D eigenvalue weighted by atomic mass is 10.0. The van der Waals surface area contributed by atoms with E-state index in [0.717, 1.165) is 11.8 Å². The second kappa shape index (κ2) is 7.98. The van der Waals surface area contributed by atoms with Crippen molar-refractivity contribution in [1.29, 1.82) is 0 Å². The van der Waals surface area contributed by atoms with Crippen LogP contribution in [0.25, 0.3) is 0 Å². The van der Waals surface area contributed by atoms with Gasteiger partial charge in [0.15, 0.2) is 5.82 Å². The Kier molecular flexibility index (Phi) is 5.50. The Balaban J connectivity index is 1.84. The Labute approximate surface area is 146 Å². The van der Waals surface area contributed by atoms with Crippen molar-refractivity contribution in [2.24, 2.45) is 0 Å². The number of nitrogens with zero attached hydrogens (tertiary/aromatic N) is 3. The van der Waals surface area contributed by atoms with Crippen LogP contribution in [-0.4, -0.2) is 46.1 Å². The largest absolute Gasteiger partial charge is 0.372 e. The van der Waals surface area contributed by atoms with Gasteiger partial charge in [-0.2, -0.15) is 0 Å². The first-order valence-corrected chi connectivity index (χ1v) is 8.22. The van der Waals surface area contributed by atoms with Gasteiger partial charge in [-0.05, 0) is 30.5 Å². The highest BCUT2D eigenvalue weighted by molar-refractivity contribution is 5.94. The van der Waals surface area contributed by atoms with E-state index in [1.165, 1.54) is 12.3 Å². The summed E-state index contributed by atoms with van der Waals surface area (Å²) in [4.78, 5) is 22.4. The first-order valence-electron chi connectivity index (χ1n) is 8.22. The molecule has 1 aliphatic rings. The van der Waals surface area contributed by atoms with Gasteiger partial charge in [-0.1, -0.05) is 12.1 Å². The highest BCUT2D eigenvalue weighted by Crippen LogP contribution is 2.26. The Hall–Kier alpha value is -2.60. The zero-order valence-electron chi connectivity index (χ0n) is 13.8. The maximum atomic E-state index is 14.0. The van der Waals surface area contributed by atoms with Crippen LogP contribution >= 0.6 is 0 Å². The molecule has 3 heterocycles. The number of likely N-dealkylation sites (tertiary alicyclic amines) is 1. The third-order valence-corrected chi connectivity index (χ3v) is 4.34. The number of rotatable bonds is 6. The van der Waals surface area contributed by atoms with Crippen molar-refractivity contribution < 1.29 is 13.9 Å². The molecule has 2 atom stereocenters. The van der Waals surface area contributed by atoms with Crippen LogP contribution in [0.1, 0.15) is 22.3 Å². The van der Waals surface area contributed by atoms with Gasteiger partial charge in [0.25, 0.3) is 5.91 Å². The van der Waals surface area contributed by atoms with Gasteiger partial charge < -0.3 is 9.64 Å². The lowest BCUT2D eigenvalue weighted by Crippen LogP contribution is -2.42. The lowest BCUT2D eigenvalue weighted by Gasteiger charge is -2.28. The standard InChI is InChI=1S/C19H20FN3O2/c1-2-10-25-18-6-9-23(17(18)11-14-4-3-7-21-12-14)19(24)15-5-8-22-13-16(15)20/h2-5,7-8,12-13,17-18H,1,6,9-11H2/t17-,18-/m1/s1. The summed E-state index contributed by atoms with van der Waals surface area (Å²) in [6.45, 7) is 4.61. The fourth-order valence-corrected chi connectivity index (χ4v) is 3.17. The Morgan fingerprint density at radius 2 is 2.20 bits per heavy atom. The first-order chi connectivity index (χ1) is 12.2. The van der Waals surface area contributed by atoms with E-state index in [-0.39, 0.29) is 23.6 Å². The van der Waals surface area contributed by atoms with Crippen LogP contribution in [0.15, 0.2) is 55.6 Å². The first kappa shape index (κ1) is 17.2. The smallest absolute Gasteiger partial charge is 0.257 e. The molecule has 0 radical (unpaired) electrons. The van der Waals surface area contributed by atoms with E-state index in [1.807, 2.05) is 12.1 Å². The van der Waals surface area contributed by atoms with Gasteiger partial charge in [0.2, 0.25) is 0 Å². The van der Waals surface area contributed by atoms with Crippen LogP contribution in [0.3, 0.4) is 0 Å². The Morgan fingerprint density at radius 1 is 1.36 bits per heavy atom. The van der Waals surface area contributed by atoms with Crippen LogP contribution in [0, 0.1) is 5.82 Å². The molecule has 0 aliphatic carbocycles. The summed E-state index contributed by atoms with van der Waals surface area (Å²) in [7, 11) is 0. The summed E-state index contributed by atoms with van der Waals surface area (Å²) in [6.07, 6.45) is 8.85. The molecular formula is C19H20FN3O2. The molecule has 1 fully saturated rings. The van der Waals surface area contributed by atoms with Crippen molar-refractivity contribution in [3.63, 3.8) is 0 Å². The molecule has 0 spiro atoms. The van der Waals surface area contributed by atoms with Crippen molar-refractivity contribution in [2.75, 3.05) is 13.2 Å². The molecule has 2 aromatic rings. The molecule has 0 N–H and O–H groups in total. The molecule has 5 nitrogen and oxygen atoms in total. The summed E-state index contributed by atoms with van der Waals surface area (Å²) in [5, 5.41) is 0. The van der Waals surface area contributed by atoms with Gasteiger partial charge in [-0.15, -0.1) is 6.58 Å². The topological polar surface area (TPSA) is 55.3 Å². The zero-order valence-corrected chi connectivity index (χ0v) is 13.8. The number of carbonyl (C=O) groups is 1. The maximum absolute atomic E-state index is 14.0. The average Bonchev–Trinajstić information content (AvgIpc) is 3.03.